The number of hydrogen-bond acceptors (Lipinski definition) is 2. The van der Waals surface area contributed by atoms with Gasteiger partial charge in [-0.1, -0.05) is 6.07 Å². The zero-order valence-corrected chi connectivity index (χ0v) is 11.7. The summed E-state index contributed by atoms with van der Waals surface area (Å²) in [6.07, 6.45) is 0. The maximum absolute atomic E-state index is 13.7. The summed E-state index contributed by atoms with van der Waals surface area (Å²) < 4.78 is 32.2. The summed E-state index contributed by atoms with van der Waals surface area (Å²) in [4.78, 5) is 0. The monoisotopic (exact) mass is 277 g/mol. The second-order valence-electron chi connectivity index (χ2n) is 4.74. The molecule has 2 aromatic carbocycles. The average Bonchev–Trinajstić information content (AvgIpc) is 2.43. The Balaban J connectivity index is 2.27. The first-order valence-corrected chi connectivity index (χ1v) is 6.37. The molecule has 1 unspecified atom stereocenters. The molecule has 0 saturated carbocycles. The van der Waals surface area contributed by atoms with Gasteiger partial charge < -0.3 is 10.1 Å². The quantitative estimate of drug-likeness (QED) is 0.891. The van der Waals surface area contributed by atoms with E-state index in [4.69, 9.17) is 4.74 Å². The first-order chi connectivity index (χ1) is 9.51. The molecule has 0 fully saturated rings. The average molecular weight is 277 g/mol. The SMILES string of the molecule is COc1cc(C)ccc1NC(C)c1cc(F)ccc1F. The van der Waals surface area contributed by atoms with Crippen molar-refractivity contribution in [3.05, 3.63) is 59.2 Å². The van der Waals surface area contributed by atoms with Gasteiger partial charge >= 0.3 is 0 Å². The van der Waals surface area contributed by atoms with E-state index < -0.39 is 11.6 Å². The van der Waals surface area contributed by atoms with Crippen LogP contribution in [-0.2, 0) is 0 Å². The lowest BCUT2D eigenvalue weighted by atomic mass is 10.1. The molecule has 2 aromatic rings. The van der Waals surface area contributed by atoms with E-state index in [-0.39, 0.29) is 11.6 Å². The van der Waals surface area contributed by atoms with Crippen LogP contribution in [0.3, 0.4) is 0 Å². The molecule has 0 bridgehead atoms. The molecule has 0 amide bonds. The van der Waals surface area contributed by atoms with Gasteiger partial charge in [0.1, 0.15) is 17.4 Å². The molecule has 0 spiro atoms. The van der Waals surface area contributed by atoms with Crippen molar-refractivity contribution >= 4 is 5.69 Å². The van der Waals surface area contributed by atoms with Crippen LogP contribution in [-0.4, -0.2) is 7.11 Å². The standard InChI is InChI=1S/C16H17F2NO/c1-10-4-7-15(16(8-10)20-3)19-11(2)13-9-12(17)5-6-14(13)18/h4-9,11,19H,1-3H3. The van der Waals surface area contributed by atoms with E-state index in [1.165, 1.54) is 6.07 Å². The molecule has 4 heteroatoms. The van der Waals surface area contributed by atoms with Crippen LogP contribution in [0.25, 0.3) is 0 Å². The Morgan fingerprint density at radius 3 is 2.55 bits per heavy atom. The fourth-order valence-corrected chi connectivity index (χ4v) is 2.08. The number of ether oxygens (including phenoxy) is 1. The van der Waals surface area contributed by atoms with E-state index in [1.807, 2.05) is 25.1 Å². The maximum atomic E-state index is 13.7. The normalized spacial score (nSPS) is 12.1. The first-order valence-electron chi connectivity index (χ1n) is 6.37. The third-order valence-corrected chi connectivity index (χ3v) is 3.15. The van der Waals surface area contributed by atoms with Gasteiger partial charge in [0.05, 0.1) is 18.8 Å². The number of rotatable bonds is 4. The minimum atomic E-state index is -0.453. The van der Waals surface area contributed by atoms with Crippen molar-refractivity contribution in [1.29, 1.82) is 0 Å². The van der Waals surface area contributed by atoms with E-state index in [2.05, 4.69) is 5.32 Å². The summed E-state index contributed by atoms with van der Waals surface area (Å²) >= 11 is 0. The highest BCUT2D eigenvalue weighted by Gasteiger charge is 2.14. The molecule has 20 heavy (non-hydrogen) atoms. The Kier molecular flexibility index (Phi) is 4.23. The molecule has 0 heterocycles. The molecule has 0 aliphatic carbocycles. The Bertz CT molecular complexity index is 613. The van der Waals surface area contributed by atoms with E-state index in [9.17, 15) is 8.78 Å². The van der Waals surface area contributed by atoms with Crippen molar-refractivity contribution in [3.8, 4) is 5.75 Å². The van der Waals surface area contributed by atoms with E-state index in [0.29, 0.717) is 5.75 Å². The molecule has 0 aromatic heterocycles. The van der Waals surface area contributed by atoms with Crippen LogP contribution in [0.5, 0.6) is 5.75 Å². The van der Waals surface area contributed by atoms with Gasteiger partial charge in [0.15, 0.2) is 0 Å². The molecule has 0 saturated heterocycles. The molecule has 0 aliphatic rings. The summed E-state index contributed by atoms with van der Waals surface area (Å²) in [6.45, 7) is 3.74. The zero-order valence-electron chi connectivity index (χ0n) is 11.7. The van der Waals surface area contributed by atoms with Crippen LogP contribution in [0.15, 0.2) is 36.4 Å². The van der Waals surface area contributed by atoms with E-state index in [1.54, 1.807) is 14.0 Å². The summed E-state index contributed by atoms with van der Waals surface area (Å²) in [6, 6.07) is 8.75. The van der Waals surface area contributed by atoms with Crippen LogP contribution >= 0.6 is 0 Å². The highest BCUT2D eigenvalue weighted by atomic mass is 19.1. The second-order valence-corrected chi connectivity index (χ2v) is 4.74. The van der Waals surface area contributed by atoms with Gasteiger partial charge in [-0.25, -0.2) is 8.78 Å². The van der Waals surface area contributed by atoms with Crippen LogP contribution < -0.4 is 10.1 Å². The number of methoxy groups -OCH3 is 1. The third-order valence-electron chi connectivity index (χ3n) is 3.15. The lowest BCUT2D eigenvalue weighted by molar-refractivity contribution is 0.415. The minimum absolute atomic E-state index is 0.285. The maximum Gasteiger partial charge on any atom is 0.142 e. The third kappa shape index (κ3) is 3.07. The molecule has 1 atom stereocenters. The number of aryl methyl sites for hydroxylation is 1. The number of nitrogens with one attached hydrogen (secondary N) is 1. The van der Waals surface area contributed by atoms with Gasteiger partial charge in [0, 0.05) is 5.56 Å². The second kappa shape index (κ2) is 5.90. The fourth-order valence-electron chi connectivity index (χ4n) is 2.08. The smallest absolute Gasteiger partial charge is 0.142 e. The fraction of sp³-hybridized carbons (Fsp3) is 0.250. The predicted octanol–water partition coefficient (Wildman–Crippen LogP) is 4.45. The Morgan fingerprint density at radius 2 is 1.85 bits per heavy atom. The Labute approximate surface area is 117 Å². The molecular weight excluding hydrogens is 260 g/mol. The highest BCUT2D eigenvalue weighted by Crippen LogP contribution is 2.30. The van der Waals surface area contributed by atoms with Crippen LogP contribution in [0, 0.1) is 18.6 Å². The number of hydrogen-bond donors (Lipinski definition) is 1. The zero-order chi connectivity index (χ0) is 14.7. The van der Waals surface area contributed by atoms with Crippen molar-refractivity contribution in [3.63, 3.8) is 0 Å². The molecular formula is C16H17F2NO. The molecule has 2 nitrogen and oxygen atoms in total. The molecule has 106 valence electrons. The summed E-state index contributed by atoms with van der Waals surface area (Å²) in [5.74, 6) is -0.211. The highest BCUT2D eigenvalue weighted by molar-refractivity contribution is 5.58. The summed E-state index contributed by atoms with van der Waals surface area (Å²) in [7, 11) is 1.58. The van der Waals surface area contributed by atoms with Gasteiger partial charge in [0.25, 0.3) is 0 Å². The topological polar surface area (TPSA) is 21.3 Å². The van der Waals surface area contributed by atoms with Crippen LogP contribution in [0.2, 0.25) is 0 Å². The number of halogens is 2. The Hall–Kier alpha value is -2.10. The number of anilines is 1. The van der Waals surface area contributed by atoms with Gasteiger partial charge in [-0.3, -0.25) is 0 Å². The summed E-state index contributed by atoms with van der Waals surface area (Å²) in [5.41, 5.74) is 2.10. The van der Waals surface area contributed by atoms with Gasteiger partial charge in [0.2, 0.25) is 0 Å². The summed E-state index contributed by atoms with van der Waals surface area (Å²) in [5, 5.41) is 3.14. The first kappa shape index (κ1) is 14.3. The van der Waals surface area contributed by atoms with Crippen LogP contribution in [0.1, 0.15) is 24.1 Å². The van der Waals surface area contributed by atoms with Gasteiger partial charge in [-0.05, 0) is 49.7 Å². The van der Waals surface area contributed by atoms with Crippen molar-refractivity contribution in [2.24, 2.45) is 0 Å². The van der Waals surface area contributed by atoms with Crippen LogP contribution in [0.4, 0.5) is 14.5 Å². The Morgan fingerprint density at radius 1 is 1.10 bits per heavy atom. The largest absolute Gasteiger partial charge is 0.495 e. The molecule has 0 aliphatic heterocycles. The lowest BCUT2D eigenvalue weighted by Crippen LogP contribution is -2.10. The van der Waals surface area contributed by atoms with Crippen molar-refractivity contribution < 1.29 is 13.5 Å². The van der Waals surface area contributed by atoms with Crippen molar-refractivity contribution in [2.45, 2.75) is 19.9 Å². The van der Waals surface area contributed by atoms with Gasteiger partial charge in [-0.2, -0.15) is 0 Å². The van der Waals surface area contributed by atoms with Crippen molar-refractivity contribution in [1.82, 2.24) is 0 Å². The van der Waals surface area contributed by atoms with Gasteiger partial charge in [-0.15, -0.1) is 0 Å². The minimum Gasteiger partial charge on any atom is -0.495 e. The molecule has 0 radical (unpaired) electrons. The van der Waals surface area contributed by atoms with E-state index in [0.717, 1.165) is 23.4 Å². The number of benzene rings is 2. The molecule has 1 N–H and O–H groups in total. The van der Waals surface area contributed by atoms with Crippen molar-refractivity contribution in [2.75, 3.05) is 12.4 Å². The lowest BCUT2D eigenvalue weighted by Gasteiger charge is -2.19. The van der Waals surface area contributed by atoms with E-state index >= 15 is 0 Å². The molecule has 2 rings (SSSR count). The predicted molar refractivity (Wildman–Crippen MR) is 76.1 cm³/mol.